The van der Waals surface area contributed by atoms with Crippen LogP contribution in [-0.2, 0) is 23.1 Å². The van der Waals surface area contributed by atoms with E-state index in [1.165, 1.54) is 4.68 Å². The first kappa shape index (κ1) is 22.7. The number of nitrogens with one attached hydrogen (secondary N) is 2. The predicted octanol–water partition coefficient (Wildman–Crippen LogP) is 3.49. The summed E-state index contributed by atoms with van der Waals surface area (Å²) in [5.41, 5.74) is 1.83. The molecule has 34 heavy (non-hydrogen) atoms. The Hall–Kier alpha value is -4.53. The zero-order valence-corrected chi connectivity index (χ0v) is 18.8. The van der Waals surface area contributed by atoms with Gasteiger partial charge in [-0.1, -0.05) is 30.3 Å². The predicted molar refractivity (Wildman–Crippen MR) is 127 cm³/mol. The van der Waals surface area contributed by atoms with Crippen LogP contribution in [-0.4, -0.2) is 27.8 Å². The summed E-state index contributed by atoms with van der Waals surface area (Å²) in [5.74, 6) is -0.563. The number of ether oxygens (including phenoxy) is 1. The Balaban J connectivity index is 1.42. The summed E-state index contributed by atoms with van der Waals surface area (Å²) in [6.07, 6.45) is 1.57. The Morgan fingerprint density at radius 2 is 1.74 bits per heavy atom. The normalized spacial score (nSPS) is 10.6. The highest BCUT2D eigenvalue weighted by Gasteiger charge is 2.20. The molecule has 4 aromatic rings. The number of carbonyl (C=O) groups is 2. The van der Waals surface area contributed by atoms with E-state index >= 15 is 0 Å². The summed E-state index contributed by atoms with van der Waals surface area (Å²) in [4.78, 5) is 38.1. The third-order valence-corrected chi connectivity index (χ3v) is 5.33. The molecule has 0 saturated carbocycles. The van der Waals surface area contributed by atoms with E-state index in [2.05, 4.69) is 10.6 Å². The lowest BCUT2D eigenvalue weighted by molar-refractivity contribution is -0.119. The van der Waals surface area contributed by atoms with Crippen LogP contribution in [0.3, 0.4) is 0 Å². The molecule has 0 fully saturated rings. The number of furan rings is 1. The topological polar surface area (TPSA) is 108 Å². The van der Waals surface area contributed by atoms with Gasteiger partial charge in [0.25, 0.3) is 11.5 Å². The minimum atomic E-state index is -0.663. The minimum Gasteiger partial charge on any atom is -0.467 e. The molecule has 0 bridgehead atoms. The number of benzene rings is 2. The van der Waals surface area contributed by atoms with Gasteiger partial charge in [0.05, 0.1) is 29.8 Å². The maximum Gasteiger partial charge on any atom is 0.340 e. The van der Waals surface area contributed by atoms with Crippen LogP contribution >= 0.6 is 0 Å². The summed E-state index contributed by atoms with van der Waals surface area (Å²) in [7, 11) is 1.73. The van der Waals surface area contributed by atoms with E-state index < -0.39 is 18.5 Å². The molecule has 2 N–H and O–H groups in total. The van der Waals surface area contributed by atoms with Crippen LogP contribution in [0.25, 0.3) is 5.69 Å². The Morgan fingerprint density at radius 1 is 1.00 bits per heavy atom. The third-order valence-electron chi connectivity index (χ3n) is 5.33. The highest BCUT2D eigenvalue weighted by Crippen LogP contribution is 2.18. The molecule has 0 radical (unpaired) electrons. The van der Waals surface area contributed by atoms with Crippen molar-refractivity contribution in [2.45, 2.75) is 13.5 Å². The van der Waals surface area contributed by atoms with Crippen LogP contribution in [0.4, 0.5) is 11.4 Å². The fraction of sp³-hybridized carbons (Fsp3) is 0.160. The first-order chi connectivity index (χ1) is 16.5. The van der Waals surface area contributed by atoms with E-state index in [1.54, 1.807) is 67.4 Å². The summed E-state index contributed by atoms with van der Waals surface area (Å²) >= 11 is 0. The Morgan fingerprint density at radius 3 is 2.47 bits per heavy atom. The second-order valence-corrected chi connectivity index (χ2v) is 7.54. The quantitative estimate of drug-likeness (QED) is 0.390. The Kier molecular flexibility index (Phi) is 6.63. The van der Waals surface area contributed by atoms with E-state index in [0.29, 0.717) is 29.4 Å². The van der Waals surface area contributed by atoms with Crippen molar-refractivity contribution in [1.29, 1.82) is 0 Å². The monoisotopic (exact) mass is 460 g/mol. The first-order valence-electron chi connectivity index (χ1n) is 10.6. The van der Waals surface area contributed by atoms with Gasteiger partial charge in [-0.2, -0.15) is 0 Å². The molecule has 174 valence electrons. The molecule has 0 aliphatic heterocycles. The number of anilines is 2. The van der Waals surface area contributed by atoms with Gasteiger partial charge in [-0.3, -0.25) is 14.3 Å². The van der Waals surface area contributed by atoms with Crippen LogP contribution in [0.15, 0.2) is 82.2 Å². The van der Waals surface area contributed by atoms with E-state index in [4.69, 9.17) is 9.15 Å². The van der Waals surface area contributed by atoms with Gasteiger partial charge in [0.2, 0.25) is 0 Å². The van der Waals surface area contributed by atoms with Crippen molar-refractivity contribution >= 4 is 23.3 Å². The smallest absolute Gasteiger partial charge is 0.340 e. The second-order valence-electron chi connectivity index (χ2n) is 7.54. The number of hydrogen-bond acceptors (Lipinski definition) is 6. The molecule has 0 saturated heterocycles. The lowest BCUT2D eigenvalue weighted by Crippen LogP contribution is -2.26. The molecule has 9 nitrogen and oxygen atoms in total. The largest absolute Gasteiger partial charge is 0.467 e. The van der Waals surface area contributed by atoms with Crippen LogP contribution in [0.5, 0.6) is 0 Å². The standard InChI is InChI=1S/C25H24N4O5/c1-17-23(24(31)29(28(17)2)18-9-4-3-5-10-18)27-22(30)16-34-25(32)20-12-6-7-13-21(20)26-15-19-11-8-14-33-19/h3-14,26H,15-16H2,1-2H3,(H,27,30). The molecule has 1 amide bonds. The second kappa shape index (κ2) is 9.95. The third kappa shape index (κ3) is 4.78. The van der Waals surface area contributed by atoms with E-state index in [1.807, 2.05) is 24.3 Å². The lowest BCUT2D eigenvalue weighted by atomic mass is 10.2. The average molecular weight is 460 g/mol. The van der Waals surface area contributed by atoms with Gasteiger partial charge >= 0.3 is 5.97 Å². The first-order valence-corrected chi connectivity index (χ1v) is 10.6. The lowest BCUT2D eigenvalue weighted by Gasteiger charge is -2.11. The van der Waals surface area contributed by atoms with E-state index in [0.717, 1.165) is 0 Å². The van der Waals surface area contributed by atoms with Crippen LogP contribution in [0.1, 0.15) is 21.8 Å². The van der Waals surface area contributed by atoms with Crippen molar-refractivity contribution in [3.05, 3.63) is 100 Å². The number of carbonyl (C=O) groups excluding carboxylic acids is 2. The van der Waals surface area contributed by atoms with Crippen molar-refractivity contribution < 1.29 is 18.7 Å². The highest BCUT2D eigenvalue weighted by atomic mass is 16.5. The summed E-state index contributed by atoms with van der Waals surface area (Å²) < 4.78 is 13.6. The molecule has 4 rings (SSSR count). The number of rotatable bonds is 8. The minimum absolute atomic E-state index is 0.132. The molecular weight excluding hydrogens is 436 g/mol. The molecule has 2 aromatic carbocycles. The number of amides is 1. The number of nitrogens with zero attached hydrogens (tertiary/aromatic N) is 2. The summed E-state index contributed by atoms with van der Waals surface area (Å²) in [6.45, 7) is 1.58. The van der Waals surface area contributed by atoms with Gasteiger partial charge in [0.15, 0.2) is 6.61 Å². The van der Waals surface area contributed by atoms with Gasteiger partial charge in [0.1, 0.15) is 11.4 Å². The molecule has 0 spiro atoms. The maximum atomic E-state index is 12.9. The molecule has 2 aromatic heterocycles. The van der Waals surface area contributed by atoms with Crippen LogP contribution in [0, 0.1) is 6.92 Å². The zero-order valence-electron chi connectivity index (χ0n) is 18.8. The van der Waals surface area contributed by atoms with Gasteiger partial charge in [-0.25, -0.2) is 9.48 Å². The Labute approximate surface area is 195 Å². The molecule has 9 heteroatoms. The number of aromatic nitrogens is 2. The zero-order chi connectivity index (χ0) is 24.1. The van der Waals surface area contributed by atoms with Crippen molar-refractivity contribution in [1.82, 2.24) is 9.36 Å². The number of para-hydroxylation sites is 2. The maximum absolute atomic E-state index is 12.9. The highest BCUT2D eigenvalue weighted by molar-refractivity contribution is 5.98. The van der Waals surface area contributed by atoms with Crippen molar-refractivity contribution in [2.75, 3.05) is 17.2 Å². The van der Waals surface area contributed by atoms with Crippen molar-refractivity contribution in [3.8, 4) is 5.69 Å². The van der Waals surface area contributed by atoms with Crippen LogP contribution < -0.4 is 16.2 Å². The molecule has 0 aliphatic carbocycles. The summed E-state index contributed by atoms with van der Waals surface area (Å²) in [5, 5.41) is 5.70. The average Bonchev–Trinajstić information content (AvgIpc) is 3.45. The fourth-order valence-corrected chi connectivity index (χ4v) is 3.51. The molecule has 2 heterocycles. The summed E-state index contributed by atoms with van der Waals surface area (Å²) in [6, 6.07) is 19.5. The van der Waals surface area contributed by atoms with E-state index in [-0.39, 0.29) is 16.8 Å². The van der Waals surface area contributed by atoms with Gasteiger partial charge in [-0.05, 0) is 43.3 Å². The number of hydrogen-bond donors (Lipinski definition) is 2. The van der Waals surface area contributed by atoms with Crippen molar-refractivity contribution in [3.63, 3.8) is 0 Å². The number of esters is 1. The SMILES string of the molecule is Cc1c(NC(=O)COC(=O)c2ccccc2NCc2ccco2)c(=O)n(-c2ccccc2)n1C. The Bertz CT molecular complexity index is 1350. The van der Waals surface area contributed by atoms with Gasteiger partial charge in [-0.15, -0.1) is 0 Å². The van der Waals surface area contributed by atoms with Gasteiger partial charge in [0, 0.05) is 12.7 Å². The van der Waals surface area contributed by atoms with Crippen LogP contribution in [0.2, 0.25) is 0 Å². The molecular formula is C25H24N4O5. The molecule has 0 unspecified atom stereocenters. The molecule has 0 atom stereocenters. The fourth-order valence-electron chi connectivity index (χ4n) is 3.51. The van der Waals surface area contributed by atoms with E-state index in [9.17, 15) is 14.4 Å². The molecule has 0 aliphatic rings. The van der Waals surface area contributed by atoms with Gasteiger partial charge < -0.3 is 19.8 Å². The van der Waals surface area contributed by atoms with Crippen molar-refractivity contribution in [2.24, 2.45) is 7.05 Å².